The second-order valence-corrected chi connectivity index (χ2v) is 8.92. The lowest BCUT2D eigenvalue weighted by atomic mass is 10.1. The lowest BCUT2D eigenvalue weighted by Gasteiger charge is -2.23. The molecule has 0 fully saturated rings. The highest BCUT2D eigenvalue weighted by Gasteiger charge is 2.30. The molecule has 4 aromatic rings. The molecular formula is C29H27F3N2O5. The first kappa shape index (κ1) is 27.6. The van der Waals surface area contributed by atoms with E-state index in [-0.39, 0.29) is 13.0 Å². The zero-order chi connectivity index (χ0) is 28.3. The van der Waals surface area contributed by atoms with E-state index in [0.717, 1.165) is 17.0 Å². The molecule has 0 aliphatic heterocycles. The van der Waals surface area contributed by atoms with E-state index in [2.05, 4.69) is 4.98 Å². The first-order valence-electron chi connectivity index (χ1n) is 12.0. The van der Waals surface area contributed by atoms with Crippen LogP contribution in [-0.4, -0.2) is 36.9 Å². The number of hydrogen-bond donors (Lipinski definition) is 1. The molecule has 39 heavy (non-hydrogen) atoms. The molecule has 0 saturated heterocycles. The molecule has 1 N–H and O–H groups in total. The van der Waals surface area contributed by atoms with E-state index in [4.69, 9.17) is 14.2 Å². The van der Waals surface area contributed by atoms with Gasteiger partial charge < -0.3 is 19.3 Å². The summed E-state index contributed by atoms with van der Waals surface area (Å²) in [5.41, 5.74) is 1.98. The highest BCUT2D eigenvalue weighted by Crippen LogP contribution is 2.39. The Morgan fingerprint density at radius 2 is 1.64 bits per heavy atom. The van der Waals surface area contributed by atoms with Gasteiger partial charge in [0.15, 0.2) is 11.5 Å². The Kier molecular flexibility index (Phi) is 7.85. The summed E-state index contributed by atoms with van der Waals surface area (Å²) in [5.74, 6) is 2.09. The van der Waals surface area contributed by atoms with E-state index in [1.54, 1.807) is 56.4 Å². The normalized spacial score (nSPS) is 11.4. The number of aryl methyl sites for hydroxylation is 2. The van der Waals surface area contributed by atoms with E-state index in [1.165, 1.54) is 20.3 Å². The molecule has 0 spiro atoms. The van der Waals surface area contributed by atoms with Gasteiger partial charge in [0.25, 0.3) is 0 Å². The van der Waals surface area contributed by atoms with Crippen LogP contribution in [0.3, 0.4) is 0 Å². The van der Waals surface area contributed by atoms with Crippen molar-refractivity contribution in [1.82, 2.24) is 4.98 Å². The Morgan fingerprint density at radius 1 is 0.923 bits per heavy atom. The van der Waals surface area contributed by atoms with Gasteiger partial charge >= 0.3 is 12.3 Å². The molecule has 10 heteroatoms. The molecule has 0 aliphatic rings. The number of aromatic nitrogens is 1. The van der Waals surface area contributed by atoms with Crippen LogP contribution in [0.2, 0.25) is 0 Å². The average molecular weight is 541 g/mol. The highest BCUT2D eigenvalue weighted by molar-refractivity contribution is 5.89. The average Bonchev–Trinajstić information content (AvgIpc) is 2.90. The number of hydrogen-bond acceptors (Lipinski definition) is 5. The number of methoxy groups -OCH3 is 2. The van der Waals surface area contributed by atoms with Gasteiger partial charge in [0, 0.05) is 24.2 Å². The molecule has 3 aromatic carbocycles. The first-order valence-corrected chi connectivity index (χ1v) is 12.0. The van der Waals surface area contributed by atoms with Crippen molar-refractivity contribution in [3.8, 4) is 23.0 Å². The Morgan fingerprint density at radius 3 is 2.31 bits per heavy atom. The zero-order valence-corrected chi connectivity index (χ0v) is 21.8. The molecule has 1 heterocycles. The second kappa shape index (κ2) is 11.1. The molecule has 0 saturated carbocycles. The fraction of sp³-hybridized carbons (Fsp3) is 0.241. The Balaban J connectivity index is 1.61. The number of carbonyl (C=O) groups is 1. The minimum absolute atomic E-state index is 0.0201. The third-order valence-corrected chi connectivity index (χ3v) is 6.32. The molecule has 4 rings (SSSR count). The van der Waals surface area contributed by atoms with Crippen LogP contribution in [0.25, 0.3) is 10.9 Å². The SMILES string of the molecule is COc1cc2nccc(Oc3cc(C)c(N(CCc4cccc(C(F)(F)F)c4)C(=O)O)cc3C)c2cc1OC. The quantitative estimate of drug-likeness (QED) is 0.251. The van der Waals surface area contributed by atoms with Gasteiger partial charge in [-0.2, -0.15) is 13.2 Å². The van der Waals surface area contributed by atoms with Gasteiger partial charge in [-0.15, -0.1) is 0 Å². The van der Waals surface area contributed by atoms with Crippen LogP contribution in [0.1, 0.15) is 22.3 Å². The summed E-state index contributed by atoms with van der Waals surface area (Å²) in [5, 5.41) is 10.6. The van der Waals surface area contributed by atoms with E-state index in [0.29, 0.717) is 56.3 Å². The van der Waals surface area contributed by atoms with Crippen LogP contribution in [0, 0.1) is 13.8 Å². The number of ether oxygens (including phenoxy) is 3. The van der Waals surface area contributed by atoms with Crippen LogP contribution < -0.4 is 19.1 Å². The van der Waals surface area contributed by atoms with E-state index in [9.17, 15) is 23.1 Å². The predicted molar refractivity (Wildman–Crippen MR) is 141 cm³/mol. The first-order chi connectivity index (χ1) is 18.5. The summed E-state index contributed by atoms with van der Waals surface area (Å²) in [4.78, 5) is 17.6. The summed E-state index contributed by atoms with van der Waals surface area (Å²) in [6, 6.07) is 13.6. The van der Waals surface area contributed by atoms with Gasteiger partial charge in [-0.3, -0.25) is 9.88 Å². The van der Waals surface area contributed by atoms with Crippen LogP contribution in [-0.2, 0) is 12.6 Å². The molecule has 1 amide bonds. The van der Waals surface area contributed by atoms with E-state index in [1.807, 2.05) is 0 Å². The third kappa shape index (κ3) is 6.00. The minimum atomic E-state index is -4.47. The molecule has 0 radical (unpaired) electrons. The summed E-state index contributed by atoms with van der Waals surface area (Å²) in [7, 11) is 3.08. The number of alkyl halides is 3. The topological polar surface area (TPSA) is 81.1 Å². The minimum Gasteiger partial charge on any atom is -0.493 e. The highest BCUT2D eigenvalue weighted by atomic mass is 19.4. The summed E-state index contributed by atoms with van der Waals surface area (Å²) in [6.45, 7) is 3.52. The lowest BCUT2D eigenvalue weighted by Crippen LogP contribution is -2.32. The van der Waals surface area contributed by atoms with Gasteiger partial charge in [-0.25, -0.2) is 4.79 Å². The van der Waals surface area contributed by atoms with Crippen LogP contribution in [0.5, 0.6) is 23.0 Å². The summed E-state index contributed by atoms with van der Waals surface area (Å²) >= 11 is 0. The van der Waals surface area contributed by atoms with Gasteiger partial charge in [0.05, 0.1) is 31.0 Å². The van der Waals surface area contributed by atoms with Crippen molar-refractivity contribution in [1.29, 1.82) is 0 Å². The van der Waals surface area contributed by atoms with Crippen molar-refractivity contribution in [2.24, 2.45) is 0 Å². The lowest BCUT2D eigenvalue weighted by molar-refractivity contribution is -0.137. The van der Waals surface area contributed by atoms with Crippen LogP contribution in [0.15, 0.2) is 60.8 Å². The molecular weight excluding hydrogens is 513 g/mol. The van der Waals surface area contributed by atoms with Crippen molar-refractivity contribution in [2.45, 2.75) is 26.4 Å². The van der Waals surface area contributed by atoms with Crippen molar-refractivity contribution in [2.75, 3.05) is 25.7 Å². The standard InChI is InChI=1S/C29H27F3N2O5/c1-17-13-25(39-24-8-10-33-22-16-27(38-4)26(37-3)15-21(22)24)18(2)12-23(17)34(28(35)36)11-9-19-6-5-7-20(14-19)29(30,31)32/h5-8,10,12-16H,9,11H2,1-4H3,(H,35,36). The van der Waals surface area contributed by atoms with Gasteiger partial charge in [-0.05, 0) is 67.3 Å². The Labute approximate surface area is 223 Å². The molecule has 7 nitrogen and oxygen atoms in total. The summed E-state index contributed by atoms with van der Waals surface area (Å²) < 4.78 is 56.2. The fourth-order valence-electron chi connectivity index (χ4n) is 4.29. The maximum Gasteiger partial charge on any atom is 0.416 e. The molecule has 0 atom stereocenters. The van der Waals surface area contributed by atoms with Crippen molar-refractivity contribution >= 4 is 22.7 Å². The maximum atomic E-state index is 13.1. The van der Waals surface area contributed by atoms with Crippen LogP contribution >= 0.6 is 0 Å². The Bertz CT molecular complexity index is 1520. The number of rotatable bonds is 8. The van der Waals surface area contributed by atoms with Gasteiger partial charge in [0.1, 0.15) is 11.5 Å². The molecule has 1 aromatic heterocycles. The number of halogens is 3. The number of carboxylic acid groups (broad SMARTS) is 1. The van der Waals surface area contributed by atoms with E-state index < -0.39 is 17.8 Å². The van der Waals surface area contributed by atoms with Crippen molar-refractivity contribution < 1.29 is 37.3 Å². The number of pyridine rings is 1. The largest absolute Gasteiger partial charge is 0.493 e. The number of amides is 1. The van der Waals surface area contributed by atoms with Crippen molar-refractivity contribution in [3.63, 3.8) is 0 Å². The zero-order valence-electron chi connectivity index (χ0n) is 21.8. The Hall–Kier alpha value is -4.47. The number of benzene rings is 3. The van der Waals surface area contributed by atoms with Crippen molar-refractivity contribution in [3.05, 3.63) is 83.0 Å². The smallest absolute Gasteiger partial charge is 0.416 e. The fourth-order valence-corrected chi connectivity index (χ4v) is 4.29. The number of fused-ring (bicyclic) bond motifs is 1. The monoisotopic (exact) mass is 540 g/mol. The van der Waals surface area contributed by atoms with Gasteiger partial charge in [0.2, 0.25) is 0 Å². The molecule has 0 unspecified atom stereocenters. The molecule has 204 valence electrons. The van der Waals surface area contributed by atoms with Gasteiger partial charge in [-0.1, -0.05) is 18.2 Å². The number of nitrogens with zero attached hydrogens (tertiary/aromatic N) is 2. The molecule has 0 aliphatic carbocycles. The second-order valence-electron chi connectivity index (χ2n) is 8.92. The van der Waals surface area contributed by atoms with E-state index >= 15 is 0 Å². The van der Waals surface area contributed by atoms with Crippen LogP contribution in [0.4, 0.5) is 23.7 Å². The molecule has 0 bridgehead atoms. The maximum absolute atomic E-state index is 13.1. The third-order valence-electron chi connectivity index (χ3n) is 6.32. The predicted octanol–water partition coefficient (Wildman–Crippen LogP) is 7.41. The summed E-state index contributed by atoms with van der Waals surface area (Å²) in [6.07, 6.45) is -3.95. The number of anilines is 1.